The molecule has 4 atom stereocenters. The van der Waals surface area contributed by atoms with Crippen LogP contribution in [0.25, 0.3) is 10.8 Å². The summed E-state index contributed by atoms with van der Waals surface area (Å²) in [5.74, 6) is 0.690. The lowest BCUT2D eigenvalue weighted by atomic mass is 9.49. The van der Waals surface area contributed by atoms with E-state index in [0.29, 0.717) is 64.3 Å². The second-order valence-electron chi connectivity index (χ2n) is 13.6. The lowest BCUT2D eigenvalue weighted by Crippen LogP contribution is -2.76. The minimum atomic E-state index is -1.11. The van der Waals surface area contributed by atoms with Crippen molar-refractivity contribution in [3.05, 3.63) is 58.7 Å². The Morgan fingerprint density at radius 2 is 1.70 bits per heavy atom. The second kappa shape index (κ2) is 10.4. The fourth-order valence-electron chi connectivity index (χ4n) is 8.89. The van der Waals surface area contributed by atoms with Gasteiger partial charge in [-0.05, 0) is 102 Å². The van der Waals surface area contributed by atoms with Gasteiger partial charge in [0, 0.05) is 24.6 Å². The van der Waals surface area contributed by atoms with Gasteiger partial charge in [0.15, 0.2) is 23.4 Å². The van der Waals surface area contributed by atoms with Gasteiger partial charge in [0.05, 0.1) is 38.1 Å². The molecule has 3 aliphatic carbocycles. The standard InChI is InChI=1S/C36H37NO9/c1-43-23-11-21(14-30(39)40)25-16-24(44-2)12-22(26(25)17-23)15-31(41)45-28-6-5-20-13-29-36(42)8-7-27(38)34-35(36,32(20)33(28)46-34)9-10-37(29)18-19-3-4-19/h5-6,11-12,16-17,19,29,34,42H,3-4,7-10,13-15,18H2,1-2H3,(H,39,40)/t29-,34+,35+,36-/m1/s1. The molecule has 1 saturated heterocycles. The molecular formula is C36H37NO9. The normalized spacial score (nSPS) is 27.6. The number of aliphatic hydroxyl groups is 1. The largest absolute Gasteiger partial charge is 0.497 e. The fourth-order valence-corrected chi connectivity index (χ4v) is 8.89. The number of carbonyl (C=O) groups is 3. The van der Waals surface area contributed by atoms with Crippen LogP contribution >= 0.6 is 0 Å². The van der Waals surface area contributed by atoms with Crippen LogP contribution < -0.4 is 18.9 Å². The molecule has 0 radical (unpaired) electrons. The molecule has 10 heteroatoms. The molecule has 2 aliphatic heterocycles. The van der Waals surface area contributed by atoms with Crippen LogP contribution in [0.15, 0.2) is 36.4 Å². The number of Topliss-reactive ketones (excluding diaryl/α,β-unsaturated/α-hetero) is 1. The van der Waals surface area contributed by atoms with Crippen molar-refractivity contribution in [3.8, 4) is 23.0 Å². The van der Waals surface area contributed by atoms with Gasteiger partial charge in [-0.25, -0.2) is 0 Å². The Labute approximate surface area is 266 Å². The van der Waals surface area contributed by atoms with Crippen LogP contribution in [0.5, 0.6) is 23.0 Å². The molecule has 2 bridgehead atoms. The molecule has 3 fully saturated rings. The highest BCUT2D eigenvalue weighted by Crippen LogP contribution is 2.65. The summed E-state index contributed by atoms with van der Waals surface area (Å²) in [6, 6.07) is 10.6. The third kappa shape index (κ3) is 4.26. The Kier molecular flexibility index (Phi) is 6.64. The smallest absolute Gasteiger partial charge is 0.315 e. The quantitative estimate of drug-likeness (QED) is 0.267. The van der Waals surface area contributed by atoms with Crippen molar-refractivity contribution in [1.29, 1.82) is 0 Å². The molecular weight excluding hydrogens is 590 g/mol. The van der Waals surface area contributed by atoms with Crippen molar-refractivity contribution in [2.45, 2.75) is 74.5 Å². The SMILES string of the molecule is COc1cc(CC(=O)Oc2ccc3c4c2O[C@H]2C(=O)CC[C@@]5(O)[C@@H](C3)N(CC3CC3)CC[C@]425)c2cc(OC)cc(CC(=O)O)c2c1. The van der Waals surface area contributed by atoms with Gasteiger partial charge in [0.1, 0.15) is 11.5 Å². The van der Waals surface area contributed by atoms with Crippen molar-refractivity contribution < 1.29 is 43.5 Å². The molecule has 46 heavy (non-hydrogen) atoms. The Bertz CT molecular complexity index is 1810. The maximum absolute atomic E-state index is 13.6. The molecule has 2 heterocycles. The maximum atomic E-state index is 13.6. The van der Waals surface area contributed by atoms with Crippen LogP contribution in [-0.4, -0.2) is 77.9 Å². The van der Waals surface area contributed by atoms with Crippen LogP contribution in [0.1, 0.15) is 54.4 Å². The van der Waals surface area contributed by atoms with Crippen LogP contribution in [-0.2, 0) is 39.1 Å². The van der Waals surface area contributed by atoms with E-state index < -0.39 is 29.1 Å². The first-order chi connectivity index (χ1) is 22.1. The van der Waals surface area contributed by atoms with Gasteiger partial charge in [0.2, 0.25) is 0 Å². The van der Waals surface area contributed by atoms with Gasteiger partial charge < -0.3 is 29.2 Å². The number of ether oxygens (including phenoxy) is 4. The first-order valence-electron chi connectivity index (χ1n) is 16.1. The van der Waals surface area contributed by atoms with Crippen LogP contribution in [0.2, 0.25) is 0 Å². The minimum Gasteiger partial charge on any atom is -0.497 e. The topological polar surface area (TPSA) is 132 Å². The summed E-state index contributed by atoms with van der Waals surface area (Å²) in [7, 11) is 3.02. The van der Waals surface area contributed by atoms with E-state index in [0.717, 1.165) is 24.2 Å². The minimum absolute atomic E-state index is 0.0191. The zero-order valence-electron chi connectivity index (χ0n) is 26.0. The predicted molar refractivity (Wildman–Crippen MR) is 166 cm³/mol. The highest BCUT2D eigenvalue weighted by Gasteiger charge is 2.73. The first-order valence-corrected chi connectivity index (χ1v) is 16.1. The number of likely N-dealkylation sites (tertiary alicyclic amines) is 1. The number of esters is 1. The predicted octanol–water partition coefficient (Wildman–Crippen LogP) is 3.77. The number of benzene rings is 3. The van der Waals surface area contributed by atoms with Gasteiger partial charge in [0.25, 0.3) is 0 Å². The van der Waals surface area contributed by atoms with E-state index in [1.807, 2.05) is 6.07 Å². The van der Waals surface area contributed by atoms with Crippen LogP contribution in [0.4, 0.5) is 0 Å². The van der Waals surface area contributed by atoms with Gasteiger partial charge in [-0.3, -0.25) is 19.3 Å². The van der Waals surface area contributed by atoms with E-state index in [9.17, 15) is 24.6 Å². The van der Waals surface area contributed by atoms with E-state index in [2.05, 4.69) is 4.90 Å². The summed E-state index contributed by atoms with van der Waals surface area (Å²) < 4.78 is 23.4. The number of hydrogen-bond donors (Lipinski definition) is 2. The Hall–Kier alpha value is -4.15. The molecule has 0 aromatic heterocycles. The monoisotopic (exact) mass is 627 g/mol. The van der Waals surface area contributed by atoms with Crippen LogP contribution in [0, 0.1) is 5.92 Å². The number of methoxy groups -OCH3 is 2. The number of fused-ring (bicyclic) bond motifs is 1. The number of carboxylic acids is 1. The van der Waals surface area contributed by atoms with Crippen molar-refractivity contribution in [2.24, 2.45) is 5.92 Å². The summed E-state index contributed by atoms with van der Waals surface area (Å²) in [5, 5.41) is 23.4. The van der Waals surface area contributed by atoms with Gasteiger partial charge in [-0.2, -0.15) is 0 Å². The number of piperidine rings is 1. The highest BCUT2D eigenvalue weighted by atomic mass is 16.6. The average Bonchev–Trinajstić information content (AvgIpc) is 3.77. The van der Waals surface area contributed by atoms with Crippen LogP contribution in [0.3, 0.4) is 0 Å². The van der Waals surface area contributed by atoms with E-state index in [1.165, 1.54) is 27.1 Å². The summed E-state index contributed by atoms with van der Waals surface area (Å²) >= 11 is 0. The van der Waals surface area contributed by atoms with Gasteiger partial charge in [-0.1, -0.05) is 6.07 Å². The molecule has 3 aromatic rings. The molecule has 240 valence electrons. The van der Waals surface area contributed by atoms with Gasteiger partial charge >= 0.3 is 11.9 Å². The average molecular weight is 628 g/mol. The maximum Gasteiger partial charge on any atom is 0.315 e. The van der Waals surface area contributed by atoms with Crippen molar-refractivity contribution in [3.63, 3.8) is 0 Å². The molecule has 1 spiro atoms. The zero-order chi connectivity index (χ0) is 32.0. The van der Waals surface area contributed by atoms with Crippen molar-refractivity contribution >= 4 is 28.5 Å². The Morgan fingerprint density at radius 3 is 2.35 bits per heavy atom. The number of carboxylic acid groups (broad SMARTS) is 1. The number of carbonyl (C=O) groups excluding carboxylic acids is 2. The highest BCUT2D eigenvalue weighted by molar-refractivity contribution is 5.96. The van der Waals surface area contributed by atoms with Gasteiger partial charge in [-0.15, -0.1) is 0 Å². The second-order valence-corrected chi connectivity index (χ2v) is 13.6. The summed E-state index contributed by atoms with van der Waals surface area (Å²) in [4.78, 5) is 41.1. The summed E-state index contributed by atoms with van der Waals surface area (Å²) in [5.41, 5.74) is 1.02. The molecule has 2 saturated carbocycles. The van der Waals surface area contributed by atoms with E-state index in [4.69, 9.17) is 18.9 Å². The molecule has 0 unspecified atom stereocenters. The lowest BCUT2D eigenvalue weighted by Gasteiger charge is -2.62. The molecule has 8 rings (SSSR count). The lowest BCUT2D eigenvalue weighted by molar-refractivity contribution is -0.188. The third-order valence-electron chi connectivity index (χ3n) is 11.1. The van der Waals surface area contributed by atoms with E-state index in [1.54, 1.807) is 30.3 Å². The Morgan fingerprint density at radius 1 is 1.00 bits per heavy atom. The van der Waals surface area contributed by atoms with E-state index in [-0.39, 0.29) is 36.8 Å². The van der Waals surface area contributed by atoms with E-state index >= 15 is 0 Å². The zero-order valence-corrected chi connectivity index (χ0v) is 26.0. The molecule has 0 amide bonds. The first kappa shape index (κ1) is 29.3. The fraction of sp³-hybridized carbons (Fsp3) is 0.472. The summed E-state index contributed by atoms with van der Waals surface area (Å²) in [6.45, 7) is 1.76. The number of nitrogens with zero attached hydrogens (tertiary/aromatic N) is 1. The van der Waals surface area contributed by atoms with Crippen molar-refractivity contribution in [1.82, 2.24) is 4.90 Å². The molecule has 3 aromatic carbocycles. The molecule has 5 aliphatic rings. The summed E-state index contributed by atoms with van der Waals surface area (Å²) in [6.07, 6.45) is 3.20. The number of ketones is 1. The molecule has 10 nitrogen and oxygen atoms in total. The number of hydrogen-bond acceptors (Lipinski definition) is 9. The number of aliphatic carboxylic acids is 1. The Balaban J connectivity index is 1.15. The molecule has 2 N–H and O–H groups in total. The third-order valence-corrected chi connectivity index (χ3v) is 11.1. The number of rotatable bonds is 9. The van der Waals surface area contributed by atoms with Crippen molar-refractivity contribution in [2.75, 3.05) is 27.3 Å².